The highest BCUT2D eigenvalue weighted by atomic mass is 19.1. The van der Waals surface area contributed by atoms with E-state index in [1.165, 1.54) is 0 Å². The summed E-state index contributed by atoms with van der Waals surface area (Å²) < 4.78 is 45.4. The SMILES string of the molecule is C=Cc1ccc(Oc2ccc(C3(c4ccc5ccccc5c4)c4ccccc4-c4ccc(N(c5ccc(-c6ccc(N(c7ccc(C)c(F)c7)c7ccc8c(c7)C(c7ccc(Oc9ccc(C=C)cc9)cc7)(c7ccc9ccccc9c7)c7ccccc7-8)cc6)cc5)c5ccc(C)c(F)c5)cc43)cc2)cc1. The third-order valence-electron chi connectivity index (χ3n) is 21.6. The quantitative estimate of drug-likeness (QED) is 0.0907. The molecule has 0 N–H and O–H groups in total. The minimum Gasteiger partial charge on any atom is -0.457 e. The molecular weight excluding hydrogens is 1300 g/mol. The first-order chi connectivity index (χ1) is 52.0. The lowest BCUT2D eigenvalue weighted by atomic mass is 9.67. The number of hydrogen-bond acceptors (Lipinski definition) is 4. The van der Waals surface area contributed by atoms with Crippen molar-refractivity contribution in [3.8, 4) is 56.4 Å². The van der Waals surface area contributed by atoms with Gasteiger partial charge in [-0.15, -0.1) is 0 Å². The second-order valence-corrected chi connectivity index (χ2v) is 27.6. The van der Waals surface area contributed by atoms with Gasteiger partial charge in [-0.25, -0.2) is 8.78 Å². The minimum absolute atomic E-state index is 0.294. The summed E-state index contributed by atoms with van der Waals surface area (Å²) >= 11 is 0. The molecule has 2 aliphatic rings. The predicted octanol–water partition coefficient (Wildman–Crippen LogP) is 27.1. The number of anilines is 6. The van der Waals surface area contributed by atoms with E-state index >= 15 is 8.78 Å². The summed E-state index contributed by atoms with van der Waals surface area (Å²) in [7, 11) is 0. The molecule has 2 unspecified atom stereocenters. The van der Waals surface area contributed by atoms with Crippen molar-refractivity contribution in [3.63, 3.8) is 0 Å². The molecule has 506 valence electrons. The van der Waals surface area contributed by atoms with Gasteiger partial charge in [0.25, 0.3) is 0 Å². The molecule has 0 aliphatic heterocycles. The molecular formula is C100H70F2N2O2. The number of rotatable bonds is 17. The Labute approximate surface area is 616 Å². The second-order valence-electron chi connectivity index (χ2n) is 27.6. The van der Waals surface area contributed by atoms with Gasteiger partial charge in [-0.1, -0.05) is 244 Å². The van der Waals surface area contributed by atoms with E-state index in [0.717, 1.165) is 156 Å². The maximum Gasteiger partial charge on any atom is 0.128 e. The number of benzene rings is 16. The smallest absolute Gasteiger partial charge is 0.128 e. The van der Waals surface area contributed by atoms with Crippen LogP contribution in [0.4, 0.5) is 42.9 Å². The summed E-state index contributed by atoms with van der Waals surface area (Å²) in [5.74, 6) is 2.32. The average molecular weight is 1370 g/mol. The molecule has 0 aromatic heterocycles. The first kappa shape index (κ1) is 64.7. The van der Waals surface area contributed by atoms with Gasteiger partial charge in [-0.2, -0.15) is 0 Å². The van der Waals surface area contributed by atoms with E-state index in [2.05, 4.69) is 290 Å². The minimum atomic E-state index is -0.794. The molecule has 106 heavy (non-hydrogen) atoms. The van der Waals surface area contributed by atoms with Gasteiger partial charge in [0.15, 0.2) is 0 Å². The van der Waals surface area contributed by atoms with Gasteiger partial charge in [-0.05, 0) is 269 Å². The first-order valence-corrected chi connectivity index (χ1v) is 35.8. The van der Waals surface area contributed by atoms with E-state index in [0.29, 0.717) is 22.5 Å². The van der Waals surface area contributed by atoms with Gasteiger partial charge in [-0.3, -0.25) is 0 Å². The third kappa shape index (κ3) is 11.0. The lowest BCUT2D eigenvalue weighted by Crippen LogP contribution is -2.29. The van der Waals surface area contributed by atoms with Crippen molar-refractivity contribution in [3.05, 3.63) is 443 Å². The molecule has 16 aromatic carbocycles. The highest BCUT2D eigenvalue weighted by Gasteiger charge is 2.48. The molecule has 0 bridgehead atoms. The Balaban J connectivity index is 0.731. The Bertz CT molecular complexity index is 5730. The molecule has 0 saturated heterocycles. The monoisotopic (exact) mass is 1370 g/mol. The largest absolute Gasteiger partial charge is 0.457 e. The highest BCUT2D eigenvalue weighted by molar-refractivity contribution is 5.95. The summed E-state index contributed by atoms with van der Waals surface area (Å²) in [6.45, 7) is 11.5. The summed E-state index contributed by atoms with van der Waals surface area (Å²) in [4.78, 5) is 4.32. The van der Waals surface area contributed by atoms with Crippen LogP contribution in [0.1, 0.15) is 66.8 Å². The molecule has 0 heterocycles. The van der Waals surface area contributed by atoms with Crippen molar-refractivity contribution in [2.24, 2.45) is 0 Å². The van der Waals surface area contributed by atoms with Crippen LogP contribution >= 0.6 is 0 Å². The molecule has 0 radical (unpaired) electrons. The first-order valence-electron chi connectivity index (χ1n) is 35.8. The van der Waals surface area contributed by atoms with Crippen LogP contribution in [0.5, 0.6) is 23.0 Å². The number of ether oxygens (including phenoxy) is 2. The van der Waals surface area contributed by atoms with E-state index in [1.807, 2.05) is 84.9 Å². The highest BCUT2D eigenvalue weighted by Crippen LogP contribution is 2.60. The van der Waals surface area contributed by atoms with Gasteiger partial charge in [0.05, 0.1) is 10.8 Å². The van der Waals surface area contributed by atoms with E-state index < -0.39 is 10.8 Å². The molecule has 2 aliphatic carbocycles. The fourth-order valence-corrected chi connectivity index (χ4v) is 16.3. The normalized spacial score (nSPS) is 14.6. The standard InChI is InChI=1S/C100H70F2N2O2/c1-5-67-25-49-85(50-26-67)105-87-53-37-75(38-54-87)99(77-35-29-69-15-7-9-17-73(69)59-77)93-21-13-11-19-89(93)91-57-47-81(61-95(91)99)103(83-41-23-65(3)97(101)63-83)79-43-31-71(32-44-79)72-33-45-80(46-34-72)104(84-42-24-66(4)98(102)64-84)82-48-58-92-90-20-12-14-22-94(90)100(96(92)62-82,78-36-30-70-16-8-10-18-74(70)60-78)76-39-55-88(56-40-76)106-86-51-27-68(6-2)28-52-86/h5-64H,1-2H2,3-4H3. The molecule has 18 rings (SSSR count). The molecule has 2 atom stereocenters. The van der Waals surface area contributed by atoms with Crippen molar-refractivity contribution in [2.75, 3.05) is 9.80 Å². The van der Waals surface area contributed by atoms with Gasteiger partial charge in [0.1, 0.15) is 34.6 Å². The Kier molecular flexibility index (Phi) is 16.1. The van der Waals surface area contributed by atoms with E-state index in [9.17, 15) is 0 Å². The average Bonchev–Trinajstić information content (AvgIpc) is 1.54. The number of fused-ring (bicyclic) bond motifs is 8. The lowest BCUT2D eigenvalue weighted by molar-refractivity contribution is 0.482. The Morgan fingerprint density at radius 3 is 0.962 bits per heavy atom. The van der Waals surface area contributed by atoms with Gasteiger partial charge in [0.2, 0.25) is 0 Å². The Hall–Kier alpha value is -13.4. The zero-order valence-corrected chi connectivity index (χ0v) is 58.5. The Morgan fingerprint density at radius 1 is 0.274 bits per heavy atom. The van der Waals surface area contributed by atoms with Crippen LogP contribution in [-0.4, -0.2) is 0 Å². The summed E-state index contributed by atoms with van der Waals surface area (Å²) in [6, 6.07) is 123. The number of halogens is 2. The molecule has 4 nitrogen and oxygen atoms in total. The lowest BCUT2D eigenvalue weighted by Gasteiger charge is -2.35. The predicted molar refractivity (Wildman–Crippen MR) is 433 cm³/mol. The van der Waals surface area contributed by atoms with Crippen molar-refractivity contribution < 1.29 is 18.3 Å². The maximum atomic E-state index is 16.2. The van der Waals surface area contributed by atoms with Crippen LogP contribution in [0.3, 0.4) is 0 Å². The third-order valence-corrected chi connectivity index (χ3v) is 21.6. The van der Waals surface area contributed by atoms with Crippen LogP contribution in [-0.2, 0) is 10.8 Å². The summed E-state index contributed by atoms with van der Waals surface area (Å²) in [5, 5.41) is 4.58. The van der Waals surface area contributed by atoms with Crippen molar-refractivity contribution in [2.45, 2.75) is 24.7 Å². The number of nitrogens with zero attached hydrogens (tertiary/aromatic N) is 2. The topological polar surface area (TPSA) is 24.9 Å². The molecule has 6 heteroatoms. The zero-order chi connectivity index (χ0) is 71.6. The molecule has 0 saturated carbocycles. The van der Waals surface area contributed by atoms with Crippen LogP contribution in [0.2, 0.25) is 0 Å². The van der Waals surface area contributed by atoms with Crippen LogP contribution in [0, 0.1) is 25.5 Å². The second kappa shape index (κ2) is 26.4. The van der Waals surface area contributed by atoms with Crippen LogP contribution in [0.25, 0.3) is 67.1 Å². The number of hydrogen-bond donors (Lipinski definition) is 0. The summed E-state index contributed by atoms with van der Waals surface area (Å²) in [6.07, 6.45) is 3.65. The molecule has 0 spiro atoms. The Morgan fingerprint density at radius 2 is 0.585 bits per heavy atom. The molecule has 0 fully saturated rings. The van der Waals surface area contributed by atoms with Gasteiger partial charge in [0, 0.05) is 34.1 Å². The van der Waals surface area contributed by atoms with E-state index in [4.69, 9.17) is 9.47 Å². The molecule has 16 aromatic rings. The maximum absolute atomic E-state index is 16.2. The van der Waals surface area contributed by atoms with Crippen LogP contribution in [0.15, 0.2) is 365 Å². The molecule has 0 amide bonds. The fraction of sp³-hybridized carbons (Fsp3) is 0.0400. The van der Waals surface area contributed by atoms with Crippen molar-refractivity contribution in [1.82, 2.24) is 0 Å². The van der Waals surface area contributed by atoms with E-state index in [-0.39, 0.29) is 11.6 Å². The van der Waals surface area contributed by atoms with E-state index in [1.54, 1.807) is 26.0 Å². The fourth-order valence-electron chi connectivity index (χ4n) is 16.3. The van der Waals surface area contributed by atoms with Crippen LogP contribution < -0.4 is 19.3 Å². The van der Waals surface area contributed by atoms with Gasteiger partial charge >= 0.3 is 0 Å². The van der Waals surface area contributed by atoms with Gasteiger partial charge < -0.3 is 19.3 Å². The zero-order valence-electron chi connectivity index (χ0n) is 58.5. The number of aryl methyl sites for hydroxylation is 2. The van der Waals surface area contributed by atoms with Crippen molar-refractivity contribution in [1.29, 1.82) is 0 Å². The van der Waals surface area contributed by atoms with Crippen molar-refractivity contribution >= 4 is 67.8 Å². The summed E-state index contributed by atoms with van der Waals surface area (Å²) in [5.41, 5.74) is 21.8.